The number of nitrogens with one attached hydrogen (secondary N) is 2. The lowest BCUT2D eigenvalue weighted by molar-refractivity contribution is -0.146. The fraction of sp³-hybridized carbons (Fsp3) is 0.750. The van der Waals surface area contributed by atoms with Crippen LogP contribution < -0.4 is 10.6 Å². The van der Waals surface area contributed by atoms with Gasteiger partial charge in [0.15, 0.2) is 0 Å². The van der Waals surface area contributed by atoms with Gasteiger partial charge in [0.1, 0.15) is 5.54 Å². The molecule has 0 saturated heterocycles. The molecule has 3 N–H and O–H groups in total. The normalized spacial score (nSPS) is 14.7. The number of aliphatic carboxylic acids is 1. The van der Waals surface area contributed by atoms with E-state index in [0.29, 0.717) is 6.54 Å². The summed E-state index contributed by atoms with van der Waals surface area (Å²) in [5.74, 6) is -0.912. The molecule has 0 bridgehead atoms. The highest BCUT2D eigenvalue weighted by molar-refractivity contribution is 5.85. The van der Waals surface area contributed by atoms with Gasteiger partial charge in [-0.25, -0.2) is 9.59 Å². The Morgan fingerprint density at radius 2 is 1.74 bits per heavy atom. The molecule has 0 unspecified atom stereocenters. The van der Waals surface area contributed by atoms with Gasteiger partial charge in [0, 0.05) is 26.1 Å². The van der Waals surface area contributed by atoms with E-state index < -0.39 is 17.5 Å². The number of carboxylic acids is 1. The maximum Gasteiger partial charge on any atom is 0.329 e. The molecule has 0 spiro atoms. The van der Waals surface area contributed by atoms with Crippen molar-refractivity contribution >= 4 is 17.9 Å². The summed E-state index contributed by atoms with van der Waals surface area (Å²) < 4.78 is 0. The SMILES string of the molecule is CN(C(=O)NCCNC(=O)C1CC1)C(C)(C)C(=O)O. The van der Waals surface area contributed by atoms with Crippen molar-refractivity contribution < 1.29 is 19.5 Å². The molecule has 1 fully saturated rings. The van der Waals surface area contributed by atoms with Crippen LogP contribution in [0.2, 0.25) is 0 Å². The van der Waals surface area contributed by atoms with Crippen molar-refractivity contribution in [2.45, 2.75) is 32.2 Å². The first-order chi connectivity index (χ1) is 8.76. The van der Waals surface area contributed by atoms with E-state index in [1.54, 1.807) is 0 Å². The van der Waals surface area contributed by atoms with Gasteiger partial charge in [-0.05, 0) is 26.7 Å². The van der Waals surface area contributed by atoms with Crippen LogP contribution in [0.4, 0.5) is 4.79 Å². The number of carbonyl (C=O) groups is 3. The van der Waals surface area contributed by atoms with E-state index >= 15 is 0 Å². The Bertz CT molecular complexity index is 377. The van der Waals surface area contributed by atoms with E-state index in [-0.39, 0.29) is 18.4 Å². The van der Waals surface area contributed by atoms with Crippen LogP contribution in [0, 0.1) is 5.92 Å². The van der Waals surface area contributed by atoms with Gasteiger partial charge < -0.3 is 20.6 Å². The van der Waals surface area contributed by atoms with Gasteiger partial charge in [0.2, 0.25) is 5.91 Å². The maximum atomic E-state index is 11.7. The molecule has 0 heterocycles. The predicted octanol–water partition coefficient (Wildman–Crippen LogP) is 0.0172. The first-order valence-electron chi connectivity index (χ1n) is 6.29. The molecule has 0 atom stereocenters. The molecule has 7 nitrogen and oxygen atoms in total. The number of carboxylic acid groups (broad SMARTS) is 1. The van der Waals surface area contributed by atoms with Crippen molar-refractivity contribution in [1.82, 2.24) is 15.5 Å². The van der Waals surface area contributed by atoms with Crippen LogP contribution in [0.15, 0.2) is 0 Å². The van der Waals surface area contributed by atoms with E-state index in [0.717, 1.165) is 17.7 Å². The van der Waals surface area contributed by atoms with Crippen LogP contribution in [0.3, 0.4) is 0 Å². The van der Waals surface area contributed by atoms with Crippen LogP contribution in [-0.2, 0) is 9.59 Å². The number of amides is 3. The molecule has 0 aromatic heterocycles. The summed E-state index contributed by atoms with van der Waals surface area (Å²) in [6, 6.07) is -0.479. The molecule has 3 amide bonds. The van der Waals surface area contributed by atoms with Crippen LogP contribution in [0.5, 0.6) is 0 Å². The summed E-state index contributed by atoms with van der Waals surface area (Å²) in [6.07, 6.45) is 1.88. The molecule has 1 aliphatic rings. The van der Waals surface area contributed by atoms with Crippen LogP contribution in [-0.4, -0.2) is 53.6 Å². The summed E-state index contributed by atoms with van der Waals surface area (Å²) in [5.41, 5.74) is -1.28. The third kappa shape index (κ3) is 4.11. The minimum Gasteiger partial charge on any atom is -0.480 e. The van der Waals surface area contributed by atoms with Crippen molar-refractivity contribution in [3.63, 3.8) is 0 Å². The summed E-state index contributed by atoms with van der Waals surface area (Å²) in [4.78, 5) is 35.2. The van der Waals surface area contributed by atoms with E-state index in [1.165, 1.54) is 20.9 Å². The first kappa shape index (κ1) is 15.3. The Hall–Kier alpha value is -1.79. The van der Waals surface area contributed by atoms with E-state index in [2.05, 4.69) is 10.6 Å². The van der Waals surface area contributed by atoms with Gasteiger partial charge >= 0.3 is 12.0 Å². The van der Waals surface area contributed by atoms with Crippen molar-refractivity contribution in [1.29, 1.82) is 0 Å². The van der Waals surface area contributed by atoms with Crippen molar-refractivity contribution in [3.8, 4) is 0 Å². The number of rotatable bonds is 6. The van der Waals surface area contributed by atoms with Crippen LogP contribution in [0.1, 0.15) is 26.7 Å². The molecule has 0 aliphatic heterocycles. The quantitative estimate of drug-likeness (QED) is 0.593. The van der Waals surface area contributed by atoms with Crippen molar-refractivity contribution in [2.75, 3.05) is 20.1 Å². The molecule has 1 rings (SSSR count). The second kappa shape index (κ2) is 5.90. The highest BCUT2D eigenvalue weighted by Gasteiger charge is 2.35. The topological polar surface area (TPSA) is 98.7 Å². The molecule has 7 heteroatoms. The monoisotopic (exact) mass is 271 g/mol. The standard InChI is InChI=1S/C12H21N3O4/c1-12(2,10(17)18)15(3)11(19)14-7-6-13-9(16)8-4-5-8/h8H,4-7H2,1-3H3,(H,13,16)(H,14,19)(H,17,18). The van der Waals surface area contributed by atoms with Gasteiger partial charge in [-0.3, -0.25) is 4.79 Å². The maximum absolute atomic E-state index is 11.7. The second-order valence-corrected chi connectivity index (χ2v) is 5.22. The molecule has 0 radical (unpaired) electrons. The van der Waals surface area contributed by atoms with Gasteiger partial charge in [0.05, 0.1) is 0 Å². The zero-order valence-corrected chi connectivity index (χ0v) is 11.5. The lowest BCUT2D eigenvalue weighted by Gasteiger charge is -2.31. The highest BCUT2D eigenvalue weighted by Crippen LogP contribution is 2.28. The molecule has 0 aromatic rings. The number of nitrogens with zero attached hydrogens (tertiary/aromatic N) is 1. The predicted molar refractivity (Wildman–Crippen MR) is 68.6 cm³/mol. The van der Waals surface area contributed by atoms with Gasteiger partial charge in [0.25, 0.3) is 0 Å². The van der Waals surface area contributed by atoms with Crippen molar-refractivity contribution in [2.24, 2.45) is 5.92 Å². The average Bonchev–Trinajstić information content (AvgIpc) is 3.16. The molecule has 108 valence electrons. The van der Waals surface area contributed by atoms with Crippen LogP contribution in [0.25, 0.3) is 0 Å². The zero-order chi connectivity index (χ0) is 14.6. The number of hydrogen-bond acceptors (Lipinski definition) is 3. The number of carbonyl (C=O) groups excluding carboxylic acids is 2. The third-order valence-electron chi connectivity index (χ3n) is 3.32. The molecule has 19 heavy (non-hydrogen) atoms. The zero-order valence-electron chi connectivity index (χ0n) is 11.5. The summed E-state index contributed by atoms with van der Waals surface area (Å²) >= 11 is 0. The highest BCUT2D eigenvalue weighted by atomic mass is 16.4. The number of hydrogen-bond donors (Lipinski definition) is 3. The summed E-state index contributed by atoms with van der Waals surface area (Å²) in [7, 11) is 1.42. The van der Waals surface area contributed by atoms with Crippen molar-refractivity contribution in [3.05, 3.63) is 0 Å². The molecule has 1 saturated carbocycles. The van der Waals surface area contributed by atoms with Gasteiger partial charge in [-0.15, -0.1) is 0 Å². The fourth-order valence-electron chi connectivity index (χ4n) is 1.36. The van der Waals surface area contributed by atoms with Gasteiger partial charge in [-0.1, -0.05) is 0 Å². The summed E-state index contributed by atoms with van der Waals surface area (Å²) in [6.45, 7) is 3.52. The number of urea groups is 1. The Balaban J connectivity index is 2.26. The molecular weight excluding hydrogens is 250 g/mol. The smallest absolute Gasteiger partial charge is 0.329 e. The van der Waals surface area contributed by atoms with Gasteiger partial charge in [-0.2, -0.15) is 0 Å². The Morgan fingerprint density at radius 1 is 1.21 bits per heavy atom. The average molecular weight is 271 g/mol. The molecular formula is C12H21N3O4. The largest absolute Gasteiger partial charge is 0.480 e. The Morgan fingerprint density at radius 3 is 2.21 bits per heavy atom. The van der Waals surface area contributed by atoms with E-state index in [4.69, 9.17) is 5.11 Å². The Kier molecular flexibility index (Phi) is 4.74. The first-order valence-corrected chi connectivity index (χ1v) is 6.29. The minimum absolute atomic E-state index is 0.0217. The second-order valence-electron chi connectivity index (χ2n) is 5.22. The Labute approximate surface area is 112 Å². The lowest BCUT2D eigenvalue weighted by Crippen LogP contribution is -2.54. The summed E-state index contributed by atoms with van der Waals surface area (Å²) in [5, 5.41) is 14.3. The number of likely N-dealkylation sites (N-methyl/N-ethyl adjacent to an activating group) is 1. The van der Waals surface area contributed by atoms with E-state index in [1.807, 2.05) is 0 Å². The third-order valence-corrected chi connectivity index (χ3v) is 3.32. The fourth-order valence-corrected chi connectivity index (χ4v) is 1.36. The lowest BCUT2D eigenvalue weighted by atomic mass is 10.1. The molecule has 0 aromatic carbocycles. The van der Waals surface area contributed by atoms with Crippen LogP contribution >= 0.6 is 0 Å². The molecule has 1 aliphatic carbocycles. The minimum atomic E-state index is -1.28. The van der Waals surface area contributed by atoms with E-state index in [9.17, 15) is 14.4 Å².